The van der Waals surface area contributed by atoms with E-state index in [-0.39, 0.29) is 15.6 Å². The Labute approximate surface area is 152 Å². The largest absolute Gasteiger partial charge is 0.371 e. The number of aromatic nitrogens is 2. The third-order valence-electron chi connectivity index (χ3n) is 4.43. The summed E-state index contributed by atoms with van der Waals surface area (Å²) in [5.41, 5.74) is 5.98. The molecule has 0 bridgehead atoms. The van der Waals surface area contributed by atoms with Crippen molar-refractivity contribution in [3.63, 3.8) is 0 Å². The predicted octanol–water partition coefficient (Wildman–Crippen LogP) is 2.29. The Morgan fingerprint density at radius 3 is 2.77 bits per heavy atom. The first-order valence-corrected chi connectivity index (χ1v) is 9.70. The molecule has 1 aliphatic heterocycles. The van der Waals surface area contributed by atoms with E-state index in [1.54, 1.807) is 11.7 Å². The van der Waals surface area contributed by atoms with Crippen LogP contribution in [0.5, 0.6) is 0 Å². The molecule has 0 spiro atoms. The molecule has 140 valence electrons. The van der Waals surface area contributed by atoms with Gasteiger partial charge in [0.2, 0.25) is 9.84 Å². The molecular weight excluding hydrogens is 357 g/mol. The first kappa shape index (κ1) is 18.4. The van der Waals surface area contributed by atoms with Crippen LogP contribution in [-0.4, -0.2) is 31.8 Å². The maximum Gasteiger partial charge on any atom is 0.214 e. The first-order chi connectivity index (χ1) is 12.2. The fraction of sp³-hybridized carbons (Fsp3) is 0.353. The van der Waals surface area contributed by atoms with Crippen LogP contribution in [0.1, 0.15) is 20.3 Å². The summed E-state index contributed by atoms with van der Waals surface area (Å²) >= 11 is 0. The molecule has 0 aliphatic carbocycles. The zero-order valence-electron chi connectivity index (χ0n) is 14.9. The lowest BCUT2D eigenvalue weighted by atomic mass is 9.95. The SMILES string of the molecule is CNc1nn2c(c1S(=O)(=O)c1cccc(F)c1)NC(C)=CC2(C)CCN. The molecule has 1 unspecified atom stereocenters. The van der Waals surface area contributed by atoms with Gasteiger partial charge in [-0.1, -0.05) is 6.07 Å². The Balaban J connectivity index is 2.27. The maximum atomic E-state index is 13.6. The van der Waals surface area contributed by atoms with Gasteiger partial charge in [-0.05, 0) is 51.1 Å². The van der Waals surface area contributed by atoms with Gasteiger partial charge in [-0.15, -0.1) is 0 Å². The summed E-state index contributed by atoms with van der Waals surface area (Å²) in [6.45, 7) is 4.21. The van der Waals surface area contributed by atoms with Gasteiger partial charge in [-0.2, -0.15) is 5.10 Å². The number of benzene rings is 1. The Kier molecular flexibility index (Phi) is 4.53. The second-order valence-corrected chi connectivity index (χ2v) is 8.38. The Morgan fingerprint density at radius 2 is 2.15 bits per heavy atom. The van der Waals surface area contributed by atoms with Gasteiger partial charge in [-0.3, -0.25) is 0 Å². The predicted molar refractivity (Wildman–Crippen MR) is 98.3 cm³/mol. The molecule has 26 heavy (non-hydrogen) atoms. The molecule has 0 saturated heterocycles. The molecule has 9 heteroatoms. The minimum atomic E-state index is -4.00. The Bertz CT molecular complexity index is 983. The molecule has 4 N–H and O–H groups in total. The number of nitrogens with one attached hydrogen (secondary N) is 2. The maximum absolute atomic E-state index is 13.6. The van der Waals surface area contributed by atoms with Crippen molar-refractivity contribution < 1.29 is 12.8 Å². The lowest BCUT2D eigenvalue weighted by molar-refractivity contribution is 0.344. The van der Waals surface area contributed by atoms with Gasteiger partial charge in [0.25, 0.3) is 0 Å². The van der Waals surface area contributed by atoms with E-state index in [9.17, 15) is 12.8 Å². The van der Waals surface area contributed by atoms with Crippen LogP contribution in [0.2, 0.25) is 0 Å². The highest BCUT2D eigenvalue weighted by atomic mass is 32.2. The highest BCUT2D eigenvalue weighted by Crippen LogP contribution is 2.41. The Hall–Kier alpha value is -2.39. The second kappa shape index (κ2) is 6.40. The molecule has 0 fully saturated rings. The first-order valence-electron chi connectivity index (χ1n) is 8.21. The summed E-state index contributed by atoms with van der Waals surface area (Å²) in [6.07, 6.45) is 2.56. The van der Waals surface area contributed by atoms with Gasteiger partial charge >= 0.3 is 0 Å². The molecule has 2 heterocycles. The minimum Gasteiger partial charge on any atom is -0.371 e. The Morgan fingerprint density at radius 1 is 1.42 bits per heavy atom. The number of halogens is 1. The van der Waals surface area contributed by atoms with Crippen molar-refractivity contribution in [1.29, 1.82) is 0 Å². The van der Waals surface area contributed by atoms with Gasteiger partial charge in [0.15, 0.2) is 16.5 Å². The van der Waals surface area contributed by atoms with Crippen molar-refractivity contribution in [3.8, 4) is 0 Å². The standard InChI is InChI=1S/C17H22FN5O2S/c1-11-10-17(2,7-8-19)23-16(21-11)14(15(20-3)22-23)26(24,25)13-6-4-5-12(18)9-13/h4-6,9-10,21H,7-8,19H2,1-3H3,(H,20,22). The second-order valence-electron chi connectivity index (χ2n) is 6.50. The number of sulfone groups is 1. The van der Waals surface area contributed by atoms with E-state index in [2.05, 4.69) is 15.7 Å². The van der Waals surface area contributed by atoms with Crippen molar-refractivity contribution in [2.24, 2.45) is 5.73 Å². The molecule has 1 aromatic carbocycles. The van der Waals surface area contributed by atoms with E-state index >= 15 is 0 Å². The molecule has 0 radical (unpaired) electrons. The van der Waals surface area contributed by atoms with E-state index in [0.29, 0.717) is 18.8 Å². The topological polar surface area (TPSA) is 102 Å². The van der Waals surface area contributed by atoms with E-state index in [1.165, 1.54) is 18.2 Å². The molecule has 0 amide bonds. The van der Waals surface area contributed by atoms with Gasteiger partial charge in [-0.25, -0.2) is 17.5 Å². The minimum absolute atomic E-state index is 0.0127. The molecule has 1 aromatic heterocycles. The van der Waals surface area contributed by atoms with Crippen molar-refractivity contribution in [2.45, 2.75) is 35.6 Å². The summed E-state index contributed by atoms with van der Waals surface area (Å²) in [5, 5.41) is 10.4. The van der Waals surface area contributed by atoms with Crippen LogP contribution in [0.4, 0.5) is 16.0 Å². The van der Waals surface area contributed by atoms with Crippen LogP contribution in [0.3, 0.4) is 0 Å². The van der Waals surface area contributed by atoms with Gasteiger partial charge in [0.1, 0.15) is 5.82 Å². The van der Waals surface area contributed by atoms with Gasteiger partial charge in [0.05, 0.1) is 10.4 Å². The number of nitrogens with two attached hydrogens (primary N) is 1. The number of hydrogen-bond acceptors (Lipinski definition) is 6. The highest BCUT2D eigenvalue weighted by molar-refractivity contribution is 7.91. The van der Waals surface area contributed by atoms with Crippen molar-refractivity contribution in [3.05, 3.63) is 41.9 Å². The van der Waals surface area contributed by atoms with Crippen LogP contribution in [0.25, 0.3) is 0 Å². The van der Waals surface area contributed by atoms with Crippen molar-refractivity contribution in [1.82, 2.24) is 9.78 Å². The fourth-order valence-electron chi connectivity index (χ4n) is 3.27. The number of anilines is 2. The molecule has 3 rings (SSSR count). The summed E-state index contributed by atoms with van der Waals surface area (Å²) in [6, 6.07) is 4.94. The van der Waals surface area contributed by atoms with E-state index < -0.39 is 21.2 Å². The van der Waals surface area contributed by atoms with Crippen LogP contribution in [0, 0.1) is 5.82 Å². The zero-order chi connectivity index (χ0) is 19.1. The third-order valence-corrected chi connectivity index (χ3v) is 6.23. The lowest BCUT2D eigenvalue weighted by Crippen LogP contribution is -2.36. The smallest absolute Gasteiger partial charge is 0.214 e. The fourth-order valence-corrected chi connectivity index (χ4v) is 4.82. The number of allylic oxidation sites excluding steroid dienone is 2. The molecule has 0 saturated carbocycles. The normalized spacial score (nSPS) is 19.5. The summed E-state index contributed by atoms with van der Waals surface area (Å²) in [7, 11) is -2.40. The van der Waals surface area contributed by atoms with E-state index in [4.69, 9.17) is 5.73 Å². The summed E-state index contributed by atoms with van der Waals surface area (Å²) in [4.78, 5) is -0.138. The number of nitrogens with zero attached hydrogens (tertiary/aromatic N) is 2. The number of hydrogen-bond donors (Lipinski definition) is 3. The number of rotatable bonds is 5. The van der Waals surface area contributed by atoms with Crippen LogP contribution < -0.4 is 16.4 Å². The van der Waals surface area contributed by atoms with Crippen LogP contribution >= 0.6 is 0 Å². The summed E-state index contributed by atoms with van der Waals surface area (Å²) < 4.78 is 41.7. The molecule has 2 aromatic rings. The van der Waals surface area contributed by atoms with E-state index in [0.717, 1.165) is 11.8 Å². The monoisotopic (exact) mass is 379 g/mol. The van der Waals surface area contributed by atoms with Gasteiger partial charge < -0.3 is 16.4 Å². The molecule has 1 aliphatic rings. The molecular formula is C17H22FN5O2S. The van der Waals surface area contributed by atoms with Crippen molar-refractivity contribution in [2.75, 3.05) is 24.2 Å². The average molecular weight is 379 g/mol. The average Bonchev–Trinajstić information content (AvgIpc) is 2.95. The third kappa shape index (κ3) is 2.86. The lowest BCUT2D eigenvalue weighted by Gasteiger charge is -2.33. The van der Waals surface area contributed by atoms with Gasteiger partial charge in [0, 0.05) is 12.7 Å². The van der Waals surface area contributed by atoms with Crippen LogP contribution in [-0.2, 0) is 15.4 Å². The summed E-state index contributed by atoms with van der Waals surface area (Å²) in [5.74, 6) is -0.0761. The highest BCUT2D eigenvalue weighted by Gasteiger charge is 2.38. The zero-order valence-corrected chi connectivity index (χ0v) is 15.7. The number of fused-ring (bicyclic) bond motifs is 1. The molecule has 7 nitrogen and oxygen atoms in total. The molecule has 1 atom stereocenters. The van der Waals surface area contributed by atoms with Crippen LogP contribution in [0.15, 0.2) is 45.8 Å². The van der Waals surface area contributed by atoms with Crippen molar-refractivity contribution >= 4 is 21.5 Å². The van der Waals surface area contributed by atoms with E-state index in [1.807, 2.05) is 19.9 Å². The quantitative estimate of drug-likeness (QED) is 0.737.